The number of sulfonamides is 1. The summed E-state index contributed by atoms with van der Waals surface area (Å²) in [5, 5.41) is 9.13. The van der Waals surface area contributed by atoms with Crippen molar-refractivity contribution in [3.63, 3.8) is 0 Å². The highest BCUT2D eigenvalue weighted by Crippen LogP contribution is 2.31. The Labute approximate surface area is 114 Å². The maximum Gasteiger partial charge on any atom is 0.240 e. The van der Waals surface area contributed by atoms with E-state index in [1.807, 2.05) is 6.92 Å². The molecule has 0 aromatic heterocycles. The fourth-order valence-electron chi connectivity index (χ4n) is 2.12. The minimum atomic E-state index is -3.46. The van der Waals surface area contributed by atoms with Gasteiger partial charge in [-0.1, -0.05) is 31.9 Å². The smallest absolute Gasteiger partial charge is 0.240 e. The van der Waals surface area contributed by atoms with E-state index in [0.717, 1.165) is 12.0 Å². The number of benzene rings is 1. The summed E-state index contributed by atoms with van der Waals surface area (Å²) >= 11 is 0. The molecule has 106 valence electrons. The van der Waals surface area contributed by atoms with Gasteiger partial charge in [-0.05, 0) is 36.0 Å². The van der Waals surface area contributed by atoms with E-state index in [9.17, 15) is 8.42 Å². The lowest BCUT2D eigenvalue weighted by atomic mass is 10.1. The molecule has 1 saturated carbocycles. The second kappa shape index (κ2) is 6.03. The van der Waals surface area contributed by atoms with E-state index >= 15 is 0 Å². The Morgan fingerprint density at radius 2 is 2.11 bits per heavy atom. The Bertz CT molecular complexity index is 536. The molecule has 19 heavy (non-hydrogen) atoms. The van der Waals surface area contributed by atoms with Crippen molar-refractivity contribution in [3.8, 4) is 0 Å². The van der Waals surface area contributed by atoms with Gasteiger partial charge in [0, 0.05) is 6.54 Å². The van der Waals surface area contributed by atoms with Gasteiger partial charge < -0.3 is 5.11 Å². The van der Waals surface area contributed by atoms with E-state index in [-0.39, 0.29) is 6.61 Å². The molecule has 1 aromatic carbocycles. The molecular weight excluding hydrogens is 262 g/mol. The Morgan fingerprint density at radius 1 is 1.37 bits per heavy atom. The second-order valence-electron chi connectivity index (χ2n) is 5.08. The first-order valence-corrected chi connectivity index (χ1v) is 8.27. The quantitative estimate of drug-likeness (QED) is 0.802. The van der Waals surface area contributed by atoms with Gasteiger partial charge in [-0.25, -0.2) is 13.1 Å². The van der Waals surface area contributed by atoms with Crippen LogP contribution in [0.25, 0.3) is 0 Å². The van der Waals surface area contributed by atoms with Crippen LogP contribution in [0.3, 0.4) is 0 Å². The molecule has 0 amide bonds. The summed E-state index contributed by atoms with van der Waals surface area (Å²) in [7, 11) is -3.46. The molecule has 4 nitrogen and oxygen atoms in total. The van der Waals surface area contributed by atoms with Crippen LogP contribution < -0.4 is 4.72 Å². The van der Waals surface area contributed by atoms with Crippen molar-refractivity contribution < 1.29 is 13.5 Å². The molecule has 5 heteroatoms. The highest BCUT2D eigenvalue weighted by molar-refractivity contribution is 7.89. The van der Waals surface area contributed by atoms with Crippen molar-refractivity contribution >= 4 is 10.0 Å². The van der Waals surface area contributed by atoms with E-state index in [1.54, 1.807) is 18.2 Å². The van der Waals surface area contributed by atoms with Crippen molar-refractivity contribution in [3.05, 3.63) is 29.3 Å². The lowest BCUT2D eigenvalue weighted by molar-refractivity contribution is 0.281. The van der Waals surface area contributed by atoms with Gasteiger partial charge in [0.15, 0.2) is 0 Å². The SMILES string of the molecule is CCc1ccc(CO)cc1S(=O)(=O)NCCC1CC1. The van der Waals surface area contributed by atoms with Gasteiger partial charge in [0.2, 0.25) is 10.0 Å². The van der Waals surface area contributed by atoms with E-state index in [4.69, 9.17) is 5.11 Å². The van der Waals surface area contributed by atoms with Gasteiger partial charge in [-0.15, -0.1) is 0 Å². The lowest BCUT2D eigenvalue weighted by Gasteiger charge is -2.11. The number of hydrogen-bond acceptors (Lipinski definition) is 3. The molecule has 0 radical (unpaired) electrons. The minimum absolute atomic E-state index is 0.144. The molecule has 2 N–H and O–H groups in total. The maximum atomic E-state index is 12.3. The average Bonchev–Trinajstić information content (AvgIpc) is 3.22. The summed E-state index contributed by atoms with van der Waals surface area (Å²) in [4.78, 5) is 0.303. The van der Waals surface area contributed by atoms with Gasteiger partial charge in [-0.3, -0.25) is 0 Å². The van der Waals surface area contributed by atoms with Crippen molar-refractivity contribution in [1.82, 2.24) is 4.72 Å². The number of nitrogens with one attached hydrogen (secondary N) is 1. The lowest BCUT2D eigenvalue weighted by Crippen LogP contribution is -2.26. The van der Waals surface area contributed by atoms with Crippen LogP contribution in [0.4, 0.5) is 0 Å². The van der Waals surface area contributed by atoms with Crippen LogP contribution in [-0.4, -0.2) is 20.1 Å². The summed E-state index contributed by atoms with van der Waals surface area (Å²) in [5.74, 6) is 0.706. The molecule has 0 heterocycles. The first kappa shape index (κ1) is 14.5. The van der Waals surface area contributed by atoms with Crippen molar-refractivity contribution in [1.29, 1.82) is 0 Å². The molecule has 0 bridgehead atoms. The molecule has 1 aromatic rings. The van der Waals surface area contributed by atoms with Gasteiger partial charge in [-0.2, -0.15) is 0 Å². The summed E-state index contributed by atoms with van der Waals surface area (Å²) in [6, 6.07) is 5.11. The molecule has 1 aliphatic rings. The van der Waals surface area contributed by atoms with E-state index in [2.05, 4.69) is 4.72 Å². The van der Waals surface area contributed by atoms with Crippen LogP contribution in [-0.2, 0) is 23.1 Å². The zero-order valence-corrected chi connectivity index (χ0v) is 12.0. The molecule has 1 aliphatic carbocycles. The average molecular weight is 283 g/mol. The summed E-state index contributed by atoms with van der Waals surface area (Å²) in [6.07, 6.45) is 4.02. The molecule has 0 aliphatic heterocycles. The van der Waals surface area contributed by atoms with E-state index in [0.29, 0.717) is 29.3 Å². The van der Waals surface area contributed by atoms with Crippen LogP contribution in [0.5, 0.6) is 0 Å². The Hall–Kier alpha value is -0.910. The normalized spacial score (nSPS) is 15.7. The van der Waals surface area contributed by atoms with Crippen LogP contribution in [0.15, 0.2) is 23.1 Å². The third-order valence-electron chi connectivity index (χ3n) is 3.53. The van der Waals surface area contributed by atoms with Crippen LogP contribution in [0, 0.1) is 5.92 Å². The Balaban J connectivity index is 2.16. The van der Waals surface area contributed by atoms with E-state index in [1.165, 1.54) is 12.8 Å². The monoisotopic (exact) mass is 283 g/mol. The number of rotatable bonds is 7. The standard InChI is InChI=1S/C14H21NO3S/c1-2-13-6-5-12(10-16)9-14(13)19(17,18)15-8-7-11-3-4-11/h5-6,9,11,15-16H,2-4,7-8,10H2,1H3. The first-order valence-electron chi connectivity index (χ1n) is 6.79. The fourth-order valence-corrected chi connectivity index (χ4v) is 3.53. The number of aryl methyl sites for hydroxylation is 1. The Morgan fingerprint density at radius 3 is 2.68 bits per heavy atom. The van der Waals surface area contributed by atoms with Gasteiger partial charge in [0.05, 0.1) is 11.5 Å². The maximum absolute atomic E-state index is 12.3. The van der Waals surface area contributed by atoms with Crippen molar-refractivity contribution in [2.45, 2.75) is 44.1 Å². The predicted octanol–water partition coefficient (Wildman–Crippen LogP) is 1.82. The van der Waals surface area contributed by atoms with Gasteiger partial charge in [0.25, 0.3) is 0 Å². The highest BCUT2D eigenvalue weighted by atomic mass is 32.2. The topological polar surface area (TPSA) is 66.4 Å². The van der Waals surface area contributed by atoms with Crippen LogP contribution in [0.2, 0.25) is 0 Å². The number of aliphatic hydroxyl groups excluding tert-OH is 1. The van der Waals surface area contributed by atoms with Gasteiger partial charge >= 0.3 is 0 Å². The van der Waals surface area contributed by atoms with Crippen molar-refractivity contribution in [2.24, 2.45) is 5.92 Å². The molecule has 0 spiro atoms. The molecule has 0 unspecified atom stereocenters. The highest BCUT2D eigenvalue weighted by Gasteiger charge is 2.23. The largest absolute Gasteiger partial charge is 0.392 e. The second-order valence-corrected chi connectivity index (χ2v) is 6.82. The molecule has 0 atom stereocenters. The summed E-state index contributed by atoms with van der Waals surface area (Å²) < 4.78 is 27.2. The third kappa shape index (κ3) is 3.78. The zero-order chi connectivity index (χ0) is 13.9. The number of hydrogen-bond donors (Lipinski definition) is 2. The predicted molar refractivity (Wildman–Crippen MR) is 74.3 cm³/mol. The molecular formula is C14H21NO3S. The number of aliphatic hydroxyl groups is 1. The van der Waals surface area contributed by atoms with Gasteiger partial charge in [0.1, 0.15) is 0 Å². The molecule has 0 saturated heterocycles. The molecule has 1 fully saturated rings. The summed E-state index contributed by atoms with van der Waals surface area (Å²) in [6.45, 7) is 2.28. The third-order valence-corrected chi connectivity index (χ3v) is 5.07. The van der Waals surface area contributed by atoms with E-state index < -0.39 is 10.0 Å². The fraction of sp³-hybridized carbons (Fsp3) is 0.571. The Kier molecular flexibility index (Phi) is 4.60. The molecule has 2 rings (SSSR count). The van der Waals surface area contributed by atoms with Crippen LogP contribution in [0.1, 0.15) is 37.3 Å². The minimum Gasteiger partial charge on any atom is -0.392 e. The summed E-state index contributed by atoms with van der Waals surface area (Å²) in [5.41, 5.74) is 1.41. The first-order chi connectivity index (χ1) is 9.06. The van der Waals surface area contributed by atoms with Crippen molar-refractivity contribution in [2.75, 3.05) is 6.54 Å². The zero-order valence-electron chi connectivity index (χ0n) is 11.2. The van der Waals surface area contributed by atoms with Crippen LogP contribution >= 0.6 is 0 Å².